The van der Waals surface area contributed by atoms with Crippen LogP contribution in [0, 0.1) is 6.92 Å². The maximum atomic E-state index is 12.6. The SMILES string of the molecule is Cc1nc2cnc(Cl)cc2c(=O)n1-c1ccc(O)cc1. The molecule has 0 fully saturated rings. The van der Waals surface area contributed by atoms with Crippen LogP contribution < -0.4 is 5.56 Å². The second kappa shape index (κ2) is 4.61. The lowest BCUT2D eigenvalue weighted by atomic mass is 10.2. The van der Waals surface area contributed by atoms with Crippen molar-refractivity contribution in [2.24, 2.45) is 0 Å². The van der Waals surface area contributed by atoms with Crippen LogP contribution in [0.5, 0.6) is 5.75 Å². The summed E-state index contributed by atoms with van der Waals surface area (Å²) in [7, 11) is 0. The summed E-state index contributed by atoms with van der Waals surface area (Å²) in [4.78, 5) is 20.8. The molecule has 0 spiro atoms. The molecule has 0 amide bonds. The van der Waals surface area contributed by atoms with Gasteiger partial charge in [-0.15, -0.1) is 0 Å². The van der Waals surface area contributed by atoms with Gasteiger partial charge in [0, 0.05) is 0 Å². The maximum Gasteiger partial charge on any atom is 0.266 e. The number of rotatable bonds is 1. The Morgan fingerprint density at radius 1 is 1.25 bits per heavy atom. The Bertz CT molecular complexity index is 857. The molecule has 3 aromatic rings. The van der Waals surface area contributed by atoms with Crippen LogP contribution in [0.3, 0.4) is 0 Å². The number of halogens is 1. The van der Waals surface area contributed by atoms with Crippen LogP contribution in [0.15, 0.2) is 41.3 Å². The molecule has 0 saturated carbocycles. The van der Waals surface area contributed by atoms with E-state index in [1.807, 2.05) is 0 Å². The first-order chi connectivity index (χ1) is 9.56. The molecule has 5 nitrogen and oxygen atoms in total. The molecule has 3 rings (SSSR count). The molecule has 2 heterocycles. The van der Waals surface area contributed by atoms with Crippen LogP contribution in [0.1, 0.15) is 5.82 Å². The minimum absolute atomic E-state index is 0.139. The normalized spacial score (nSPS) is 10.9. The van der Waals surface area contributed by atoms with E-state index in [0.29, 0.717) is 22.4 Å². The lowest BCUT2D eigenvalue weighted by Gasteiger charge is -2.10. The second-order valence-corrected chi connectivity index (χ2v) is 4.73. The highest BCUT2D eigenvalue weighted by Crippen LogP contribution is 2.16. The van der Waals surface area contributed by atoms with Crippen molar-refractivity contribution in [2.45, 2.75) is 6.92 Å². The molecule has 1 aromatic carbocycles. The van der Waals surface area contributed by atoms with Gasteiger partial charge in [-0.1, -0.05) is 11.6 Å². The summed E-state index contributed by atoms with van der Waals surface area (Å²) in [5, 5.41) is 9.98. The van der Waals surface area contributed by atoms with Crippen LogP contribution >= 0.6 is 11.6 Å². The van der Waals surface area contributed by atoms with E-state index in [0.717, 1.165) is 0 Å². The van der Waals surface area contributed by atoms with Crippen LogP contribution in [0.25, 0.3) is 16.6 Å². The number of pyridine rings is 1. The number of nitrogens with zero attached hydrogens (tertiary/aromatic N) is 3. The van der Waals surface area contributed by atoms with E-state index in [1.165, 1.54) is 29.0 Å². The van der Waals surface area contributed by atoms with E-state index in [-0.39, 0.29) is 16.5 Å². The minimum atomic E-state index is -0.220. The van der Waals surface area contributed by atoms with Crippen molar-refractivity contribution in [1.82, 2.24) is 14.5 Å². The highest BCUT2D eigenvalue weighted by molar-refractivity contribution is 6.30. The quantitative estimate of drug-likeness (QED) is 0.698. The third-order valence-electron chi connectivity index (χ3n) is 3.00. The largest absolute Gasteiger partial charge is 0.508 e. The lowest BCUT2D eigenvalue weighted by molar-refractivity contribution is 0.475. The lowest BCUT2D eigenvalue weighted by Crippen LogP contribution is -2.22. The van der Waals surface area contributed by atoms with Gasteiger partial charge in [0.15, 0.2) is 0 Å². The summed E-state index contributed by atoms with van der Waals surface area (Å²) >= 11 is 5.83. The van der Waals surface area contributed by atoms with E-state index in [4.69, 9.17) is 11.6 Å². The van der Waals surface area contributed by atoms with Crippen molar-refractivity contribution < 1.29 is 5.11 Å². The van der Waals surface area contributed by atoms with E-state index in [2.05, 4.69) is 9.97 Å². The Morgan fingerprint density at radius 2 is 1.95 bits per heavy atom. The molecular formula is C14H10ClN3O2. The number of hydrogen-bond acceptors (Lipinski definition) is 4. The fourth-order valence-electron chi connectivity index (χ4n) is 2.08. The zero-order chi connectivity index (χ0) is 14.3. The number of phenolic OH excluding ortho intramolecular Hbond substituents is 1. The van der Waals surface area contributed by atoms with Crippen molar-refractivity contribution in [1.29, 1.82) is 0 Å². The van der Waals surface area contributed by atoms with E-state index < -0.39 is 0 Å². The Hall–Kier alpha value is -2.40. The smallest absolute Gasteiger partial charge is 0.266 e. The first-order valence-electron chi connectivity index (χ1n) is 5.90. The van der Waals surface area contributed by atoms with Gasteiger partial charge in [-0.3, -0.25) is 9.36 Å². The van der Waals surface area contributed by atoms with Crippen molar-refractivity contribution in [3.63, 3.8) is 0 Å². The summed E-state index contributed by atoms with van der Waals surface area (Å²) in [6, 6.07) is 7.85. The first-order valence-corrected chi connectivity index (χ1v) is 6.28. The Kier molecular flexibility index (Phi) is 2.91. The Labute approximate surface area is 119 Å². The molecule has 0 atom stereocenters. The topological polar surface area (TPSA) is 68.0 Å². The zero-order valence-corrected chi connectivity index (χ0v) is 11.3. The average Bonchev–Trinajstić information content (AvgIpc) is 2.42. The summed E-state index contributed by atoms with van der Waals surface area (Å²) < 4.78 is 1.47. The molecule has 1 N–H and O–H groups in total. The summed E-state index contributed by atoms with van der Waals surface area (Å²) in [6.07, 6.45) is 1.48. The predicted octanol–water partition coefficient (Wildman–Crippen LogP) is 2.45. The van der Waals surface area contributed by atoms with Gasteiger partial charge in [0.1, 0.15) is 16.7 Å². The molecule has 100 valence electrons. The van der Waals surface area contributed by atoms with Gasteiger partial charge in [0.25, 0.3) is 5.56 Å². The van der Waals surface area contributed by atoms with E-state index >= 15 is 0 Å². The van der Waals surface area contributed by atoms with Crippen LogP contribution in [-0.4, -0.2) is 19.6 Å². The number of aryl methyl sites for hydroxylation is 1. The van der Waals surface area contributed by atoms with Crippen molar-refractivity contribution in [3.8, 4) is 11.4 Å². The van der Waals surface area contributed by atoms with Gasteiger partial charge >= 0.3 is 0 Å². The number of aromatic hydroxyl groups is 1. The maximum absolute atomic E-state index is 12.6. The monoisotopic (exact) mass is 287 g/mol. The molecule has 0 radical (unpaired) electrons. The molecular weight excluding hydrogens is 278 g/mol. The standard InChI is InChI=1S/C14H10ClN3O2/c1-8-17-12-7-16-13(15)6-11(12)14(20)18(8)9-2-4-10(19)5-3-9/h2-7,19H,1H3. The molecule has 0 saturated heterocycles. The van der Waals surface area contributed by atoms with Crippen LogP contribution in [0.4, 0.5) is 0 Å². The number of fused-ring (bicyclic) bond motifs is 1. The van der Waals surface area contributed by atoms with Gasteiger partial charge in [-0.05, 0) is 37.3 Å². The molecule has 0 aliphatic rings. The number of hydrogen-bond donors (Lipinski definition) is 1. The summed E-state index contributed by atoms with van der Waals surface area (Å²) in [5.74, 6) is 0.678. The van der Waals surface area contributed by atoms with Crippen LogP contribution in [-0.2, 0) is 0 Å². The number of benzene rings is 1. The van der Waals surface area contributed by atoms with E-state index in [1.54, 1.807) is 19.1 Å². The van der Waals surface area contributed by atoms with Gasteiger partial charge < -0.3 is 5.11 Å². The molecule has 6 heteroatoms. The summed E-state index contributed by atoms with van der Waals surface area (Å²) in [6.45, 7) is 1.74. The molecule has 0 bridgehead atoms. The van der Waals surface area contributed by atoms with Crippen LogP contribution in [0.2, 0.25) is 5.15 Å². The van der Waals surface area contributed by atoms with E-state index in [9.17, 15) is 9.90 Å². The molecule has 0 aliphatic carbocycles. The number of aromatic nitrogens is 3. The second-order valence-electron chi connectivity index (χ2n) is 4.34. The molecule has 0 aliphatic heterocycles. The zero-order valence-electron chi connectivity index (χ0n) is 10.5. The van der Waals surface area contributed by atoms with Gasteiger partial charge in [0.05, 0.1) is 22.8 Å². The fraction of sp³-hybridized carbons (Fsp3) is 0.0714. The minimum Gasteiger partial charge on any atom is -0.508 e. The predicted molar refractivity (Wildman–Crippen MR) is 76.5 cm³/mol. The molecule has 0 unspecified atom stereocenters. The van der Waals surface area contributed by atoms with Crippen molar-refractivity contribution in [3.05, 3.63) is 57.9 Å². The van der Waals surface area contributed by atoms with Gasteiger partial charge in [-0.25, -0.2) is 9.97 Å². The highest BCUT2D eigenvalue weighted by Gasteiger charge is 2.10. The summed E-state index contributed by atoms with van der Waals surface area (Å²) in [5.41, 5.74) is 0.919. The average molecular weight is 288 g/mol. The third-order valence-corrected chi connectivity index (χ3v) is 3.20. The first kappa shape index (κ1) is 12.6. The highest BCUT2D eigenvalue weighted by atomic mass is 35.5. The third kappa shape index (κ3) is 2.02. The Balaban J connectivity index is 2.36. The van der Waals surface area contributed by atoms with Gasteiger partial charge in [-0.2, -0.15) is 0 Å². The molecule has 20 heavy (non-hydrogen) atoms. The van der Waals surface area contributed by atoms with Crippen molar-refractivity contribution in [2.75, 3.05) is 0 Å². The fourth-order valence-corrected chi connectivity index (χ4v) is 2.24. The Morgan fingerprint density at radius 3 is 2.65 bits per heavy atom. The number of phenols is 1. The molecule has 2 aromatic heterocycles. The van der Waals surface area contributed by atoms with Crippen molar-refractivity contribution >= 4 is 22.5 Å². The van der Waals surface area contributed by atoms with Gasteiger partial charge in [0.2, 0.25) is 0 Å².